The van der Waals surface area contributed by atoms with E-state index < -0.39 is 0 Å². The maximum absolute atomic E-state index is 5.94. The fourth-order valence-electron chi connectivity index (χ4n) is 4.40. The summed E-state index contributed by atoms with van der Waals surface area (Å²) in [5, 5.41) is 0. The van der Waals surface area contributed by atoms with Gasteiger partial charge in [-0.05, 0) is 74.3 Å². The summed E-state index contributed by atoms with van der Waals surface area (Å²) in [6, 6.07) is 2.82. The van der Waals surface area contributed by atoms with Crippen molar-refractivity contribution in [2.24, 2.45) is 23.6 Å². The molecule has 3 heteroatoms. The number of hydrogen-bond acceptors (Lipinski definition) is 3. The van der Waals surface area contributed by atoms with Crippen LogP contribution in [0, 0.1) is 17.8 Å². The third-order valence-electron chi connectivity index (χ3n) is 5.19. The van der Waals surface area contributed by atoms with Crippen LogP contribution in [0.1, 0.15) is 67.3 Å². The quantitative estimate of drug-likeness (QED) is 0.647. The molecule has 0 amide bonds. The number of hydrazine groups is 1. The highest BCUT2D eigenvalue weighted by molar-refractivity contribution is 7.12. The summed E-state index contributed by atoms with van der Waals surface area (Å²) in [6.07, 6.45) is 9.32. The van der Waals surface area contributed by atoms with E-state index >= 15 is 0 Å². The Kier molecular flexibility index (Phi) is 4.49. The summed E-state index contributed by atoms with van der Waals surface area (Å²) in [7, 11) is 0. The summed E-state index contributed by atoms with van der Waals surface area (Å²) in [5.74, 6) is 8.33. The fraction of sp³-hybridized carbons (Fsp3) is 0.765. The summed E-state index contributed by atoms with van der Waals surface area (Å²) in [4.78, 5) is 3.12. The minimum absolute atomic E-state index is 0.371. The van der Waals surface area contributed by atoms with E-state index in [0.717, 1.165) is 11.8 Å². The molecule has 2 aliphatic carbocycles. The fourth-order valence-corrected chi connectivity index (χ4v) is 5.81. The predicted molar refractivity (Wildman–Crippen MR) is 86.7 cm³/mol. The summed E-state index contributed by atoms with van der Waals surface area (Å²) >= 11 is 2.02. The number of fused-ring (bicyclic) bond motifs is 1. The molecule has 0 aliphatic heterocycles. The van der Waals surface area contributed by atoms with Gasteiger partial charge in [0.1, 0.15) is 0 Å². The van der Waals surface area contributed by atoms with Gasteiger partial charge in [-0.15, -0.1) is 11.3 Å². The molecule has 1 fully saturated rings. The molecule has 2 aliphatic rings. The molecule has 20 heavy (non-hydrogen) atoms. The van der Waals surface area contributed by atoms with Crippen LogP contribution in [0.25, 0.3) is 0 Å². The van der Waals surface area contributed by atoms with E-state index in [4.69, 9.17) is 5.84 Å². The third kappa shape index (κ3) is 2.95. The lowest BCUT2D eigenvalue weighted by atomic mass is 9.73. The highest BCUT2D eigenvalue weighted by atomic mass is 32.1. The van der Waals surface area contributed by atoms with Crippen LogP contribution in [0.15, 0.2) is 6.07 Å². The number of nitrogens with two attached hydrogens (primary N) is 1. The summed E-state index contributed by atoms with van der Waals surface area (Å²) in [6.45, 7) is 4.80. The van der Waals surface area contributed by atoms with E-state index in [0.29, 0.717) is 12.0 Å². The minimum Gasteiger partial charge on any atom is -0.271 e. The Morgan fingerprint density at radius 2 is 1.85 bits per heavy atom. The van der Waals surface area contributed by atoms with Gasteiger partial charge in [0.05, 0.1) is 6.04 Å². The monoisotopic (exact) mass is 292 g/mol. The topological polar surface area (TPSA) is 38.0 Å². The maximum Gasteiger partial charge on any atom is 0.0581 e. The molecule has 1 aromatic heterocycles. The van der Waals surface area contributed by atoms with Gasteiger partial charge in [-0.2, -0.15) is 0 Å². The molecule has 1 heterocycles. The lowest BCUT2D eigenvalue weighted by Crippen LogP contribution is -2.36. The Hall–Kier alpha value is -0.380. The molecule has 0 aromatic carbocycles. The molecule has 0 radical (unpaired) electrons. The number of nitrogens with one attached hydrogen (secondary N) is 1. The van der Waals surface area contributed by atoms with Gasteiger partial charge in [-0.3, -0.25) is 11.3 Å². The molecule has 3 unspecified atom stereocenters. The second-order valence-electron chi connectivity index (χ2n) is 7.13. The highest BCUT2D eigenvalue weighted by Crippen LogP contribution is 2.42. The van der Waals surface area contributed by atoms with Crippen molar-refractivity contribution in [3.05, 3.63) is 21.4 Å². The van der Waals surface area contributed by atoms with Gasteiger partial charge in [0.25, 0.3) is 0 Å². The van der Waals surface area contributed by atoms with Crippen molar-refractivity contribution >= 4 is 11.3 Å². The van der Waals surface area contributed by atoms with E-state index in [1.54, 1.807) is 10.4 Å². The van der Waals surface area contributed by atoms with E-state index in [2.05, 4.69) is 25.3 Å². The molecule has 3 rings (SSSR count). The molecule has 112 valence electrons. The molecule has 3 atom stereocenters. The Balaban J connectivity index is 1.80. The third-order valence-corrected chi connectivity index (χ3v) is 6.51. The number of hydrogen-bond donors (Lipinski definition) is 2. The first-order valence-electron chi connectivity index (χ1n) is 8.25. The van der Waals surface area contributed by atoms with Crippen LogP contribution in [0.5, 0.6) is 0 Å². The SMILES string of the molecule is CC1CC(C)CC(C(NN)c2cc3c(s2)CCCC3)C1. The average Bonchev–Trinajstić information content (AvgIpc) is 2.81. The van der Waals surface area contributed by atoms with Crippen molar-refractivity contribution in [2.75, 3.05) is 0 Å². The van der Waals surface area contributed by atoms with Crippen molar-refractivity contribution in [3.63, 3.8) is 0 Å². The predicted octanol–water partition coefficient (Wildman–Crippen LogP) is 4.20. The molecule has 3 N–H and O–H groups in total. The largest absolute Gasteiger partial charge is 0.271 e. The van der Waals surface area contributed by atoms with Crippen molar-refractivity contribution < 1.29 is 0 Å². The molecule has 2 nitrogen and oxygen atoms in total. The molecule has 0 saturated heterocycles. The zero-order valence-electron chi connectivity index (χ0n) is 12.8. The maximum atomic E-state index is 5.94. The Morgan fingerprint density at radius 1 is 1.15 bits per heavy atom. The minimum atomic E-state index is 0.371. The number of aryl methyl sites for hydroxylation is 2. The van der Waals surface area contributed by atoms with Gasteiger partial charge in [-0.1, -0.05) is 13.8 Å². The van der Waals surface area contributed by atoms with Crippen molar-refractivity contribution in [3.8, 4) is 0 Å². The molecule has 1 saturated carbocycles. The van der Waals surface area contributed by atoms with Crippen LogP contribution in [0.2, 0.25) is 0 Å². The lowest BCUT2D eigenvalue weighted by Gasteiger charge is -2.35. The summed E-state index contributed by atoms with van der Waals surface area (Å²) < 4.78 is 0. The Labute approximate surface area is 127 Å². The van der Waals surface area contributed by atoms with Crippen molar-refractivity contribution in [1.29, 1.82) is 0 Å². The molecule has 0 bridgehead atoms. The van der Waals surface area contributed by atoms with Gasteiger partial charge in [0.15, 0.2) is 0 Å². The van der Waals surface area contributed by atoms with Gasteiger partial charge in [0, 0.05) is 9.75 Å². The highest BCUT2D eigenvalue weighted by Gasteiger charge is 2.31. The van der Waals surface area contributed by atoms with E-state index in [-0.39, 0.29) is 0 Å². The Morgan fingerprint density at radius 3 is 2.50 bits per heavy atom. The normalized spacial score (nSPS) is 31.9. The second kappa shape index (κ2) is 6.17. The zero-order chi connectivity index (χ0) is 14.1. The van der Waals surface area contributed by atoms with Crippen LogP contribution in [0.3, 0.4) is 0 Å². The van der Waals surface area contributed by atoms with Crippen LogP contribution in [-0.2, 0) is 12.8 Å². The van der Waals surface area contributed by atoms with Gasteiger partial charge >= 0.3 is 0 Å². The average molecular weight is 292 g/mol. The second-order valence-corrected chi connectivity index (χ2v) is 8.29. The molecular formula is C17H28N2S. The van der Waals surface area contributed by atoms with Crippen LogP contribution in [-0.4, -0.2) is 0 Å². The van der Waals surface area contributed by atoms with Crippen LogP contribution in [0.4, 0.5) is 0 Å². The standard InChI is InChI=1S/C17H28N2S/c1-11-7-12(2)9-14(8-11)17(19-18)16-10-13-5-3-4-6-15(13)20-16/h10-12,14,17,19H,3-9,18H2,1-2H3. The van der Waals surface area contributed by atoms with Gasteiger partial charge in [-0.25, -0.2) is 0 Å². The number of rotatable bonds is 3. The van der Waals surface area contributed by atoms with E-state index in [9.17, 15) is 0 Å². The first kappa shape index (κ1) is 14.6. The first-order valence-corrected chi connectivity index (χ1v) is 9.06. The molecule has 0 spiro atoms. The van der Waals surface area contributed by atoms with Crippen LogP contribution >= 0.6 is 11.3 Å². The lowest BCUT2D eigenvalue weighted by molar-refractivity contribution is 0.178. The van der Waals surface area contributed by atoms with Crippen molar-refractivity contribution in [2.45, 2.75) is 64.8 Å². The van der Waals surface area contributed by atoms with Crippen molar-refractivity contribution in [1.82, 2.24) is 5.43 Å². The molecule has 1 aromatic rings. The Bertz CT molecular complexity index is 420. The first-order chi connectivity index (χ1) is 9.67. The molecular weight excluding hydrogens is 264 g/mol. The summed E-state index contributed by atoms with van der Waals surface area (Å²) in [5.41, 5.74) is 4.75. The van der Waals surface area contributed by atoms with Gasteiger partial charge < -0.3 is 0 Å². The van der Waals surface area contributed by atoms with Crippen LogP contribution < -0.4 is 11.3 Å². The van der Waals surface area contributed by atoms with E-state index in [1.165, 1.54) is 49.8 Å². The zero-order valence-corrected chi connectivity index (χ0v) is 13.6. The van der Waals surface area contributed by atoms with Gasteiger partial charge in [0.2, 0.25) is 0 Å². The van der Waals surface area contributed by atoms with E-state index in [1.807, 2.05) is 11.3 Å². The number of thiophene rings is 1. The smallest absolute Gasteiger partial charge is 0.0581 e.